The summed E-state index contributed by atoms with van der Waals surface area (Å²) in [6.45, 7) is 3.73. The number of hydrogen-bond acceptors (Lipinski definition) is 4. The van der Waals surface area contributed by atoms with Crippen molar-refractivity contribution in [1.82, 2.24) is 9.88 Å². The van der Waals surface area contributed by atoms with Crippen LogP contribution in [0.25, 0.3) is 0 Å². The van der Waals surface area contributed by atoms with Crippen molar-refractivity contribution < 1.29 is 0 Å². The normalized spacial score (nSPS) is 23.8. The molecule has 3 rings (SSSR count). The maximum atomic E-state index is 5.67. The summed E-state index contributed by atoms with van der Waals surface area (Å²) in [5.74, 6) is 0. The number of nitrogen functional groups attached to an aromatic ring is 1. The van der Waals surface area contributed by atoms with Crippen molar-refractivity contribution in [1.29, 1.82) is 0 Å². The maximum Gasteiger partial charge on any atom is 0.180 e. The third kappa shape index (κ3) is 3.29. The van der Waals surface area contributed by atoms with Gasteiger partial charge in [0.15, 0.2) is 5.13 Å². The van der Waals surface area contributed by atoms with E-state index < -0.39 is 0 Å². The lowest BCUT2D eigenvalue weighted by atomic mass is 9.68. The Kier molecular flexibility index (Phi) is 4.08. The van der Waals surface area contributed by atoms with Crippen LogP contribution in [0.3, 0.4) is 0 Å². The fourth-order valence-corrected chi connectivity index (χ4v) is 4.36. The lowest BCUT2D eigenvalue weighted by Gasteiger charge is -2.44. The number of thiazole rings is 1. The van der Waals surface area contributed by atoms with Crippen molar-refractivity contribution in [2.75, 3.05) is 25.4 Å². The molecule has 3 nitrogen and oxygen atoms in total. The van der Waals surface area contributed by atoms with E-state index in [0.29, 0.717) is 5.13 Å². The molecule has 1 spiro atoms. The maximum absolute atomic E-state index is 5.67. The van der Waals surface area contributed by atoms with Gasteiger partial charge < -0.3 is 10.6 Å². The zero-order valence-corrected chi connectivity index (χ0v) is 12.6. The van der Waals surface area contributed by atoms with E-state index in [0.717, 1.165) is 18.4 Å². The summed E-state index contributed by atoms with van der Waals surface area (Å²) in [4.78, 5) is 6.97. The first-order valence-electron chi connectivity index (χ1n) is 7.68. The van der Waals surface area contributed by atoms with E-state index in [9.17, 15) is 0 Å². The van der Waals surface area contributed by atoms with Crippen LogP contribution in [0.4, 0.5) is 5.13 Å². The second-order valence-electron chi connectivity index (χ2n) is 6.33. The molecular formula is C15H25N3S. The predicted molar refractivity (Wildman–Crippen MR) is 81.4 cm³/mol. The molecule has 0 amide bonds. The molecule has 1 saturated heterocycles. The number of anilines is 1. The van der Waals surface area contributed by atoms with Gasteiger partial charge in [0.2, 0.25) is 0 Å². The molecule has 1 aliphatic carbocycles. The van der Waals surface area contributed by atoms with Crippen LogP contribution in [-0.4, -0.2) is 29.5 Å². The molecule has 2 heterocycles. The summed E-state index contributed by atoms with van der Waals surface area (Å²) in [5.41, 5.74) is 7.56. The van der Waals surface area contributed by atoms with Gasteiger partial charge in [-0.25, -0.2) is 4.98 Å². The van der Waals surface area contributed by atoms with Crippen LogP contribution in [-0.2, 0) is 6.42 Å². The van der Waals surface area contributed by atoms with Gasteiger partial charge in [0.1, 0.15) is 0 Å². The van der Waals surface area contributed by atoms with Gasteiger partial charge in [0, 0.05) is 18.3 Å². The average molecular weight is 279 g/mol. The standard InChI is InChI=1S/C15H25N3S/c16-14-17-13(12-19-14)4-9-18-10-7-15(8-11-18)5-2-1-3-6-15/h12H,1-11H2,(H2,16,17). The molecule has 2 fully saturated rings. The molecule has 4 heteroatoms. The molecule has 1 aromatic rings. The highest BCUT2D eigenvalue weighted by atomic mass is 32.1. The van der Waals surface area contributed by atoms with E-state index in [1.165, 1.54) is 63.7 Å². The monoisotopic (exact) mass is 279 g/mol. The number of rotatable bonds is 3. The molecule has 2 N–H and O–H groups in total. The number of nitrogens with two attached hydrogens (primary N) is 1. The molecule has 0 radical (unpaired) electrons. The second-order valence-corrected chi connectivity index (χ2v) is 7.22. The molecule has 106 valence electrons. The molecule has 0 unspecified atom stereocenters. The second kappa shape index (κ2) is 5.80. The SMILES string of the molecule is Nc1nc(CCN2CCC3(CCCCC3)CC2)cs1. The molecule has 2 aliphatic rings. The van der Waals surface area contributed by atoms with Gasteiger partial charge in [-0.3, -0.25) is 0 Å². The summed E-state index contributed by atoms with van der Waals surface area (Å²) in [5, 5.41) is 2.80. The van der Waals surface area contributed by atoms with Gasteiger partial charge in [-0.05, 0) is 44.2 Å². The Bertz CT molecular complexity index is 399. The Morgan fingerprint density at radius 2 is 1.89 bits per heavy atom. The smallest absolute Gasteiger partial charge is 0.180 e. The summed E-state index contributed by atoms with van der Waals surface area (Å²) in [6.07, 6.45) is 11.3. The van der Waals surface area contributed by atoms with Crippen LogP contribution >= 0.6 is 11.3 Å². The van der Waals surface area contributed by atoms with E-state index in [4.69, 9.17) is 5.73 Å². The highest BCUT2D eigenvalue weighted by molar-refractivity contribution is 7.13. The van der Waals surface area contributed by atoms with Gasteiger partial charge in [-0.1, -0.05) is 19.3 Å². The fraction of sp³-hybridized carbons (Fsp3) is 0.800. The topological polar surface area (TPSA) is 42.1 Å². The predicted octanol–water partition coefficient (Wildman–Crippen LogP) is 3.31. The molecule has 19 heavy (non-hydrogen) atoms. The van der Waals surface area contributed by atoms with Crippen LogP contribution < -0.4 is 5.73 Å². The third-order valence-corrected chi connectivity index (χ3v) is 5.81. The van der Waals surface area contributed by atoms with Gasteiger partial charge in [-0.15, -0.1) is 11.3 Å². The van der Waals surface area contributed by atoms with E-state index in [1.54, 1.807) is 11.3 Å². The quantitative estimate of drug-likeness (QED) is 0.923. The molecule has 0 bridgehead atoms. The van der Waals surface area contributed by atoms with Crippen molar-refractivity contribution in [2.24, 2.45) is 5.41 Å². The first-order valence-corrected chi connectivity index (χ1v) is 8.56. The summed E-state index contributed by atoms with van der Waals surface area (Å²) in [6, 6.07) is 0. The first kappa shape index (κ1) is 13.4. The van der Waals surface area contributed by atoms with Crippen LogP contribution in [0, 0.1) is 5.41 Å². The zero-order valence-electron chi connectivity index (χ0n) is 11.7. The third-order valence-electron chi connectivity index (χ3n) is 5.08. The molecule has 0 atom stereocenters. The number of likely N-dealkylation sites (tertiary alicyclic amines) is 1. The highest BCUT2D eigenvalue weighted by Gasteiger charge is 2.35. The van der Waals surface area contributed by atoms with E-state index in [-0.39, 0.29) is 0 Å². The Balaban J connectivity index is 1.45. The molecular weight excluding hydrogens is 254 g/mol. The van der Waals surface area contributed by atoms with Gasteiger partial charge >= 0.3 is 0 Å². The first-order chi connectivity index (χ1) is 9.26. The summed E-state index contributed by atoms with van der Waals surface area (Å²) < 4.78 is 0. The average Bonchev–Trinajstić information content (AvgIpc) is 2.85. The van der Waals surface area contributed by atoms with E-state index in [2.05, 4.69) is 15.3 Å². The number of aromatic nitrogens is 1. The fourth-order valence-electron chi connectivity index (χ4n) is 3.76. The lowest BCUT2D eigenvalue weighted by Crippen LogP contribution is -2.41. The summed E-state index contributed by atoms with van der Waals surface area (Å²) >= 11 is 1.56. The van der Waals surface area contributed by atoms with Crippen molar-refractivity contribution in [3.05, 3.63) is 11.1 Å². The number of piperidine rings is 1. The van der Waals surface area contributed by atoms with Crippen molar-refractivity contribution in [2.45, 2.75) is 51.4 Å². The minimum absolute atomic E-state index is 0.704. The van der Waals surface area contributed by atoms with Crippen molar-refractivity contribution in [3.8, 4) is 0 Å². The van der Waals surface area contributed by atoms with Crippen LogP contribution in [0.1, 0.15) is 50.6 Å². The zero-order chi connectivity index (χ0) is 13.1. The molecule has 1 aliphatic heterocycles. The van der Waals surface area contributed by atoms with Crippen LogP contribution in [0.15, 0.2) is 5.38 Å². The molecule has 1 saturated carbocycles. The lowest BCUT2D eigenvalue weighted by molar-refractivity contribution is 0.0684. The van der Waals surface area contributed by atoms with Crippen molar-refractivity contribution in [3.63, 3.8) is 0 Å². The number of nitrogens with zero attached hydrogens (tertiary/aromatic N) is 2. The Labute approximate surface area is 120 Å². The Morgan fingerprint density at radius 3 is 2.53 bits per heavy atom. The summed E-state index contributed by atoms with van der Waals surface area (Å²) in [7, 11) is 0. The van der Waals surface area contributed by atoms with E-state index >= 15 is 0 Å². The van der Waals surface area contributed by atoms with Gasteiger partial charge in [0.25, 0.3) is 0 Å². The Morgan fingerprint density at radius 1 is 1.16 bits per heavy atom. The van der Waals surface area contributed by atoms with Crippen LogP contribution in [0.2, 0.25) is 0 Å². The number of hydrogen-bond donors (Lipinski definition) is 1. The highest BCUT2D eigenvalue weighted by Crippen LogP contribution is 2.44. The van der Waals surface area contributed by atoms with Crippen molar-refractivity contribution >= 4 is 16.5 Å². The van der Waals surface area contributed by atoms with Crippen LogP contribution in [0.5, 0.6) is 0 Å². The molecule has 1 aromatic heterocycles. The van der Waals surface area contributed by atoms with Gasteiger partial charge in [0.05, 0.1) is 5.69 Å². The van der Waals surface area contributed by atoms with E-state index in [1.807, 2.05) is 0 Å². The minimum Gasteiger partial charge on any atom is -0.375 e. The molecule has 0 aromatic carbocycles. The largest absolute Gasteiger partial charge is 0.375 e. The Hall–Kier alpha value is -0.610. The minimum atomic E-state index is 0.704. The van der Waals surface area contributed by atoms with Gasteiger partial charge in [-0.2, -0.15) is 0 Å².